The van der Waals surface area contributed by atoms with Crippen LogP contribution >= 0.6 is 11.6 Å². The van der Waals surface area contributed by atoms with Gasteiger partial charge in [0.05, 0.1) is 5.69 Å². The zero-order valence-corrected chi connectivity index (χ0v) is 9.98. The van der Waals surface area contributed by atoms with Crippen LogP contribution in [0, 0.1) is 0 Å². The molecule has 0 aliphatic heterocycles. The predicted octanol–water partition coefficient (Wildman–Crippen LogP) is 2.17. The molecular formula is C12H13ClN4. The monoisotopic (exact) mass is 248 g/mol. The SMILES string of the molecule is NCCNc1cc(-c2ccc(Cl)cc2)ncn1. The molecule has 0 saturated heterocycles. The first kappa shape index (κ1) is 11.8. The van der Waals surface area contributed by atoms with Gasteiger partial charge >= 0.3 is 0 Å². The minimum atomic E-state index is 0.570. The first-order valence-corrected chi connectivity index (χ1v) is 5.69. The van der Waals surface area contributed by atoms with E-state index in [0.29, 0.717) is 18.1 Å². The number of halogens is 1. The van der Waals surface area contributed by atoms with Gasteiger partial charge in [0.25, 0.3) is 0 Å². The fourth-order valence-electron chi connectivity index (χ4n) is 1.43. The largest absolute Gasteiger partial charge is 0.369 e. The van der Waals surface area contributed by atoms with Gasteiger partial charge in [0.2, 0.25) is 0 Å². The first-order chi connectivity index (χ1) is 8.29. The molecule has 3 N–H and O–H groups in total. The standard InChI is InChI=1S/C12H13ClN4/c13-10-3-1-9(2-4-10)11-7-12(15-6-5-14)17-8-16-11/h1-4,7-8H,5-6,14H2,(H,15,16,17). The van der Waals surface area contributed by atoms with E-state index in [1.54, 1.807) is 0 Å². The summed E-state index contributed by atoms with van der Waals surface area (Å²) in [6.07, 6.45) is 1.53. The Morgan fingerprint density at radius 2 is 1.94 bits per heavy atom. The number of nitrogens with one attached hydrogen (secondary N) is 1. The second-order valence-electron chi connectivity index (χ2n) is 3.51. The van der Waals surface area contributed by atoms with Crippen molar-refractivity contribution in [1.29, 1.82) is 0 Å². The van der Waals surface area contributed by atoms with Gasteiger partial charge in [-0.2, -0.15) is 0 Å². The van der Waals surface area contributed by atoms with E-state index in [2.05, 4.69) is 15.3 Å². The molecule has 0 spiro atoms. The van der Waals surface area contributed by atoms with Crippen molar-refractivity contribution < 1.29 is 0 Å². The number of anilines is 1. The summed E-state index contributed by atoms with van der Waals surface area (Å²) < 4.78 is 0. The van der Waals surface area contributed by atoms with Crippen LogP contribution in [0.3, 0.4) is 0 Å². The van der Waals surface area contributed by atoms with Crippen molar-refractivity contribution in [3.05, 3.63) is 41.7 Å². The molecule has 0 saturated carbocycles. The maximum atomic E-state index is 5.84. The summed E-state index contributed by atoms with van der Waals surface area (Å²) in [5.41, 5.74) is 7.29. The Labute approximate surface area is 105 Å². The lowest BCUT2D eigenvalue weighted by atomic mass is 10.1. The second-order valence-corrected chi connectivity index (χ2v) is 3.95. The minimum Gasteiger partial charge on any atom is -0.369 e. The van der Waals surface area contributed by atoms with Gasteiger partial charge < -0.3 is 11.1 Å². The highest BCUT2D eigenvalue weighted by molar-refractivity contribution is 6.30. The lowest BCUT2D eigenvalue weighted by molar-refractivity contribution is 1.00. The lowest BCUT2D eigenvalue weighted by Gasteiger charge is -2.05. The third-order valence-corrected chi connectivity index (χ3v) is 2.51. The average molecular weight is 249 g/mol. The molecule has 5 heteroatoms. The van der Waals surface area contributed by atoms with Crippen LogP contribution in [0.2, 0.25) is 5.02 Å². The molecule has 1 aromatic carbocycles. The molecule has 0 radical (unpaired) electrons. The van der Waals surface area contributed by atoms with Crippen molar-refractivity contribution in [1.82, 2.24) is 9.97 Å². The van der Waals surface area contributed by atoms with E-state index in [1.807, 2.05) is 30.3 Å². The molecule has 0 aliphatic rings. The summed E-state index contributed by atoms with van der Waals surface area (Å²) in [7, 11) is 0. The predicted molar refractivity (Wildman–Crippen MR) is 70.0 cm³/mol. The van der Waals surface area contributed by atoms with Gasteiger partial charge in [0.1, 0.15) is 12.1 Å². The Morgan fingerprint density at radius 1 is 1.18 bits per heavy atom. The molecule has 88 valence electrons. The summed E-state index contributed by atoms with van der Waals surface area (Å²) in [4.78, 5) is 8.34. The van der Waals surface area contributed by atoms with Crippen LogP contribution in [0.5, 0.6) is 0 Å². The third-order valence-electron chi connectivity index (χ3n) is 2.26. The normalized spacial score (nSPS) is 10.2. The Kier molecular flexibility index (Phi) is 3.90. The molecule has 0 amide bonds. The molecule has 0 atom stereocenters. The Morgan fingerprint density at radius 3 is 2.65 bits per heavy atom. The third kappa shape index (κ3) is 3.15. The zero-order chi connectivity index (χ0) is 12.1. The fourth-order valence-corrected chi connectivity index (χ4v) is 1.56. The molecule has 4 nitrogen and oxygen atoms in total. The van der Waals surface area contributed by atoms with E-state index in [-0.39, 0.29) is 0 Å². The first-order valence-electron chi connectivity index (χ1n) is 5.31. The van der Waals surface area contributed by atoms with Crippen LogP contribution in [-0.2, 0) is 0 Å². The molecule has 1 aromatic heterocycles. The number of nitrogens with zero attached hydrogens (tertiary/aromatic N) is 2. The molecule has 0 fully saturated rings. The van der Waals surface area contributed by atoms with Gasteiger partial charge in [-0.25, -0.2) is 9.97 Å². The van der Waals surface area contributed by atoms with Gasteiger partial charge in [0, 0.05) is 29.7 Å². The van der Waals surface area contributed by atoms with Gasteiger partial charge in [-0.1, -0.05) is 23.7 Å². The summed E-state index contributed by atoms with van der Waals surface area (Å²) in [5, 5.41) is 3.83. The molecule has 2 aromatic rings. The van der Waals surface area contributed by atoms with Crippen molar-refractivity contribution in [2.75, 3.05) is 18.4 Å². The Bertz CT molecular complexity index is 484. The number of benzene rings is 1. The lowest BCUT2D eigenvalue weighted by Crippen LogP contribution is -2.13. The molecule has 1 heterocycles. The van der Waals surface area contributed by atoms with Crippen LogP contribution in [0.25, 0.3) is 11.3 Å². The number of hydrogen-bond donors (Lipinski definition) is 2. The zero-order valence-electron chi connectivity index (χ0n) is 9.23. The van der Waals surface area contributed by atoms with E-state index < -0.39 is 0 Å². The van der Waals surface area contributed by atoms with Crippen LogP contribution in [-0.4, -0.2) is 23.1 Å². The number of aromatic nitrogens is 2. The highest BCUT2D eigenvalue weighted by Gasteiger charge is 2.01. The molecule has 0 bridgehead atoms. The van der Waals surface area contributed by atoms with E-state index >= 15 is 0 Å². The van der Waals surface area contributed by atoms with Crippen LogP contribution in [0.4, 0.5) is 5.82 Å². The van der Waals surface area contributed by atoms with Crippen LogP contribution in [0.15, 0.2) is 36.7 Å². The number of hydrogen-bond acceptors (Lipinski definition) is 4. The van der Waals surface area contributed by atoms with Crippen LogP contribution < -0.4 is 11.1 Å². The van der Waals surface area contributed by atoms with Crippen molar-refractivity contribution in [3.8, 4) is 11.3 Å². The second kappa shape index (κ2) is 5.61. The molecule has 2 rings (SSSR count). The topological polar surface area (TPSA) is 63.8 Å². The van der Waals surface area contributed by atoms with Crippen molar-refractivity contribution in [2.24, 2.45) is 5.73 Å². The fraction of sp³-hybridized carbons (Fsp3) is 0.167. The van der Waals surface area contributed by atoms with E-state index in [1.165, 1.54) is 6.33 Å². The molecule has 17 heavy (non-hydrogen) atoms. The van der Waals surface area contributed by atoms with Crippen molar-refractivity contribution >= 4 is 17.4 Å². The van der Waals surface area contributed by atoms with Gasteiger partial charge in [-0.15, -0.1) is 0 Å². The summed E-state index contributed by atoms with van der Waals surface area (Å²) in [5.74, 6) is 0.774. The maximum absolute atomic E-state index is 5.84. The smallest absolute Gasteiger partial charge is 0.129 e. The van der Waals surface area contributed by atoms with E-state index in [9.17, 15) is 0 Å². The highest BCUT2D eigenvalue weighted by Crippen LogP contribution is 2.20. The van der Waals surface area contributed by atoms with E-state index in [4.69, 9.17) is 17.3 Å². The number of nitrogens with two attached hydrogens (primary N) is 1. The summed E-state index contributed by atoms with van der Waals surface area (Å²) >= 11 is 5.84. The highest BCUT2D eigenvalue weighted by atomic mass is 35.5. The van der Waals surface area contributed by atoms with Crippen molar-refractivity contribution in [3.63, 3.8) is 0 Å². The molecular weight excluding hydrogens is 236 g/mol. The van der Waals surface area contributed by atoms with Crippen molar-refractivity contribution in [2.45, 2.75) is 0 Å². The molecule has 0 unspecified atom stereocenters. The molecule has 0 aliphatic carbocycles. The minimum absolute atomic E-state index is 0.570. The van der Waals surface area contributed by atoms with Gasteiger partial charge in [-0.3, -0.25) is 0 Å². The van der Waals surface area contributed by atoms with Gasteiger partial charge in [-0.05, 0) is 12.1 Å². The summed E-state index contributed by atoms with van der Waals surface area (Å²) in [6.45, 7) is 1.26. The van der Waals surface area contributed by atoms with Crippen LogP contribution in [0.1, 0.15) is 0 Å². The Balaban J connectivity index is 2.23. The average Bonchev–Trinajstić information content (AvgIpc) is 2.37. The van der Waals surface area contributed by atoms with Gasteiger partial charge in [0.15, 0.2) is 0 Å². The maximum Gasteiger partial charge on any atom is 0.129 e. The Hall–Kier alpha value is -1.65. The number of rotatable bonds is 4. The van der Waals surface area contributed by atoms with E-state index in [0.717, 1.165) is 17.1 Å². The summed E-state index contributed by atoms with van der Waals surface area (Å²) in [6, 6.07) is 9.42. The quantitative estimate of drug-likeness (QED) is 0.871.